The third-order valence-corrected chi connectivity index (χ3v) is 9.91. The van der Waals surface area contributed by atoms with E-state index in [1.807, 2.05) is 0 Å². The molecule has 1 aliphatic rings. The monoisotopic (exact) mass is 228 g/mol. The molecule has 1 fully saturated rings. The largest absolute Gasteiger partial charge is 0.275 e. The fraction of sp³-hybridized carbons (Fsp3) is 0.714. The molecule has 1 saturated heterocycles. The van der Waals surface area contributed by atoms with Gasteiger partial charge in [0.05, 0.1) is 4.50 Å². The summed E-state index contributed by atoms with van der Waals surface area (Å²) in [7, 11) is 0. The number of allylic oxidation sites excluding steroid dienone is 1. The van der Waals surface area contributed by atoms with Crippen molar-refractivity contribution in [3.05, 3.63) is 12.7 Å². The molecule has 0 aromatic heterocycles. The van der Waals surface area contributed by atoms with Gasteiger partial charge in [-0.15, -0.1) is 40.3 Å². The van der Waals surface area contributed by atoms with E-state index in [4.69, 9.17) is 33.8 Å². The fourth-order valence-electron chi connectivity index (χ4n) is 1.37. The number of hydrogen-bond acceptors (Lipinski definition) is 0. The van der Waals surface area contributed by atoms with Crippen molar-refractivity contribution in [2.45, 2.75) is 29.8 Å². The molecule has 1 rings (SSSR count). The van der Waals surface area contributed by atoms with Gasteiger partial charge in [-0.2, -0.15) is 0 Å². The molecule has 0 spiro atoms. The smallest absolute Gasteiger partial charge is 0.144 e. The van der Waals surface area contributed by atoms with Crippen LogP contribution in [0.25, 0.3) is 0 Å². The predicted molar refractivity (Wildman–Crippen MR) is 54.9 cm³/mol. The average Bonchev–Trinajstić information content (AvgIpc) is 1.95. The van der Waals surface area contributed by atoms with E-state index in [1.54, 1.807) is 6.08 Å². The molecule has 1 heterocycles. The van der Waals surface area contributed by atoms with Crippen LogP contribution in [0.5, 0.6) is 0 Å². The van der Waals surface area contributed by atoms with Gasteiger partial charge in [0.25, 0.3) is 6.69 Å². The van der Waals surface area contributed by atoms with Gasteiger partial charge in [0.2, 0.25) is 0 Å². The predicted octanol–water partition coefficient (Wildman–Crippen LogP) is 3.79. The van der Waals surface area contributed by atoms with Gasteiger partial charge in [0, 0.05) is 0 Å². The summed E-state index contributed by atoms with van der Waals surface area (Å²) in [6.45, 7) is 1.43. The normalized spacial score (nSPS) is 36.6. The average molecular weight is 230 g/mol. The third kappa shape index (κ3) is 1.77. The maximum absolute atomic E-state index is 6.23. The van der Waals surface area contributed by atoms with Crippen molar-refractivity contribution in [1.82, 2.24) is 0 Å². The van der Waals surface area contributed by atoms with Crippen LogP contribution >= 0.6 is 33.8 Å². The third-order valence-electron chi connectivity index (χ3n) is 2.21. The Balaban J connectivity index is 2.82. The zero-order valence-corrected chi connectivity index (χ0v) is 9.51. The Hall–Kier alpha value is 0.827. The van der Waals surface area contributed by atoms with Crippen molar-refractivity contribution in [2.75, 3.05) is 0 Å². The van der Waals surface area contributed by atoms with Crippen molar-refractivity contribution in [2.24, 2.45) is 0 Å². The van der Waals surface area contributed by atoms with Crippen molar-refractivity contribution in [3.8, 4) is 0 Å². The molecule has 0 bridgehead atoms. The van der Waals surface area contributed by atoms with Crippen LogP contribution in [0.4, 0.5) is 0 Å². The summed E-state index contributed by atoms with van der Waals surface area (Å²) in [4.78, 5) is 0. The number of rotatable bonds is 1. The second-order valence-electron chi connectivity index (χ2n) is 2.98. The Morgan fingerprint density at radius 1 is 1.36 bits per heavy atom. The number of alkyl halides is 1. The molecule has 4 heteroatoms. The Kier molecular flexibility index (Phi) is 2.96. The first kappa shape index (κ1) is 9.91. The molecule has 1 unspecified atom stereocenters. The lowest BCUT2D eigenvalue weighted by atomic mass is 10.2. The first-order valence-corrected chi connectivity index (χ1v) is 8.33. The first-order valence-electron chi connectivity index (χ1n) is 3.72. The highest BCUT2D eigenvalue weighted by atomic mass is 35.7. The highest BCUT2D eigenvalue weighted by Crippen LogP contribution is 2.46. The van der Waals surface area contributed by atoms with Crippen LogP contribution in [0.15, 0.2) is 12.7 Å². The Bertz CT molecular complexity index is 169. The highest BCUT2D eigenvalue weighted by Gasteiger charge is 2.50. The Morgan fingerprint density at radius 3 is 2.36 bits per heavy atom. The minimum Gasteiger partial charge on any atom is -0.144 e. The van der Waals surface area contributed by atoms with Crippen LogP contribution in [0.3, 0.4) is 0 Å². The molecule has 11 heavy (non-hydrogen) atoms. The van der Waals surface area contributed by atoms with Crippen LogP contribution in [-0.4, -0.2) is 11.2 Å². The van der Waals surface area contributed by atoms with Crippen LogP contribution in [0.1, 0.15) is 19.3 Å². The number of halogens is 3. The summed E-state index contributed by atoms with van der Waals surface area (Å²) in [6.07, 6.45) is 4.84. The maximum atomic E-state index is 6.23. The van der Waals surface area contributed by atoms with Gasteiger partial charge in [-0.3, -0.25) is 0 Å². The topological polar surface area (TPSA) is 0 Å². The molecule has 0 saturated carbocycles. The second-order valence-corrected chi connectivity index (χ2v) is 11.2. The number of hydrogen-bond donors (Lipinski definition) is 0. The van der Waals surface area contributed by atoms with Crippen LogP contribution in [-0.2, 0) is 0 Å². The van der Waals surface area contributed by atoms with Gasteiger partial charge in [-0.05, 0) is 12.5 Å². The zero-order chi connectivity index (χ0) is 8.54. The molecule has 1 aliphatic heterocycles. The second kappa shape index (κ2) is 3.29. The van der Waals surface area contributed by atoms with Gasteiger partial charge < -0.3 is 0 Å². The summed E-state index contributed by atoms with van der Waals surface area (Å²) in [5, 5.41) is 0. The molecular weight excluding hydrogens is 219 g/mol. The van der Waals surface area contributed by atoms with Gasteiger partial charge in [0.1, 0.15) is 0 Å². The van der Waals surface area contributed by atoms with Gasteiger partial charge >= 0.3 is 0 Å². The summed E-state index contributed by atoms with van der Waals surface area (Å²) >= 11 is 18.6. The molecular formula is C7H11Cl3Si. The minimum atomic E-state index is -2.25. The minimum absolute atomic E-state index is 0.478. The molecule has 0 aliphatic carbocycles. The van der Waals surface area contributed by atoms with Crippen LogP contribution in [0, 0.1) is 0 Å². The summed E-state index contributed by atoms with van der Waals surface area (Å²) in [5.41, 5.74) is 0. The van der Waals surface area contributed by atoms with E-state index >= 15 is 0 Å². The van der Waals surface area contributed by atoms with E-state index in [-0.39, 0.29) is 0 Å². The molecule has 0 amide bonds. The maximum Gasteiger partial charge on any atom is 0.275 e. The molecule has 0 aromatic carbocycles. The lowest BCUT2D eigenvalue weighted by Crippen LogP contribution is -2.47. The van der Waals surface area contributed by atoms with Gasteiger partial charge in [-0.25, -0.2) is 0 Å². The highest BCUT2D eigenvalue weighted by molar-refractivity contribution is 7.48. The molecule has 0 aromatic rings. The van der Waals surface area contributed by atoms with Crippen LogP contribution < -0.4 is 0 Å². The Morgan fingerprint density at radius 2 is 2.00 bits per heavy atom. The summed E-state index contributed by atoms with van der Waals surface area (Å²) in [6, 6.07) is 0.894. The van der Waals surface area contributed by atoms with Crippen molar-refractivity contribution < 1.29 is 0 Å². The van der Waals surface area contributed by atoms with E-state index in [9.17, 15) is 0 Å². The van der Waals surface area contributed by atoms with E-state index in [0.717, 1.165) is 25.3 Å². The molecule has 0 N–H and O–H groups in total. The zero-order valence-electron chi connectivity index (χ0n) is 6.25. The Labute approximate surface area is 82.9 Å². The quantitative estimate of drug-likeness (QED) is 0.278. The molecule has 1 atom stereocenters. The molecule has 64 valence electrons. The fourth-order valence-corrected chi connectivity index (χ4v) is 5.57. The van der Waals surface area contributed by atoms with Crippen molar-refractivity contribution >= 4 is 40.5 Å². The standard InChI is InChI=1S/C7H11Cl3Si/c1-2-7(8)5-3-4-6-11(7,9)10/h2H,1,3-6H2. The van der Waals surface area contributed by atoms with Crippen LogP contribution in [0.2, 0.25) is 6.04 Å². The van der Waals surface area contributed by atoms with Gasteiger partial charge in [0.15, 0.2) is 0 Å². The van der Waals surface area contributed by atoms with E-state index in [1.165, 1.54) is 0 Å². The SMILES string of the molecule is C=CC1(Cl)CCCC[Si]1(Cl)Cl. The van der Waals surface area contributed by atoms with Gasteiger partial charge in [-0.1, -0.05) is 18.9 Å². The first-order chi connectivity index (χ1) is 5.02. The lowest BCUT2D eigenvalue weighted by molar-refractivity contribution is 0.653. The van der Waals surface area contributed by atoms with E-state index < -0.39 is 11.2 Å². The molecule has 0 nitrogen and oxygen atoms in total. The lowest BCUT2D eigenvalue weighted by Gasteiger charge is -2.37. The molecule has 0 radical (unpaired) electrons. The van der Waals surface area contributed by atoms with E-state index in [2.05, 4.69) is 6.58 Å². The summed E-state index contributed by atoms with van der Waals surface area (Å²) in [5.74, 6) is 0. The van der Waals surface area contributed by atoms with E-state index in [0.29, 0.717) is 0 Å². The summed E-state index contributed by atoms with van der Waals surface area (Å²) < 4.78 is -0.478. The van der Waals surface area contributed by atoms with Crippen molar-refractivity contribution in [1.29, 1.82) is 0 Å². The van der Waals surface area contributed by atoms with Crippen molar-refractivity contribution in [3.63, 3.8) is 0 Å².